The Hall–Kier alpha value is -3.98. The summed E-state index contributed by atoms with van der Waals surface area (Å²) in [6, 6.07) is 4.51. The molecule has 12 heteroatoms. The first-order chi connectivity index (χ1) is 22.2. The Morgan fingerprint density at radius 3 is 2.83 bits per heavy atom. The highest BCUT2D eigenvalue weighted by Gasteiger charge is 2.74. The molecule has 2 N–H and O–H groups in total. The van der Waals surface area contributed by atoms with Crippen LogP contribution in [0, 0.1) is 28.9 Å². The predicted molar refractivity (Wildman–Crippen MR) is 175 cm³/mol. The van der Waals surface area contributed by atoms with Gasteiger partial charge in [-0.3, -0.25) is 4.90 Å². The van der Waals surface area contributed by atoms with Crippen molar-refractivity contribution in [3.05, 3.63) is 59.2 Å². The Bertz CT molecular complexity index is 2110. The van der Waals surface area contributed by atoms with Crippen molar-refractivity contribution in [3.63, 3.8) is 0 Å². The molecule has 4 aromatic rings. The standard InChI is InChI=1S/C34H29ClF2N6O2S/c1-3-18-14-44-28-24-27(26(37)23(25(28)35)19-5-6-21(36)29-22(19)20(12-38)30(39)46-29)40-32(41-31(24)43(18)34-10-17(34)11-34)45-15-33-7-4-8-42(33)13-16(2)9-33/h3,5-6,17-18H,1-2,4,7-11,13-15,39H2/t17?,18?,33-,34?/m0/s1. The van der Waals surface area contributed by atoms with Crippen LogP contribution in [0.25, 0.3) is 32.1 Å². The zero-order valence-electron chi connectivity index (χ0n) is 24.8. The number of nitrogens with zero attached hydrogens (tertiary/aromatic N) is 5. The first kappa shape index (κ1) is 28.3. The van der Waals surface area contributed by atoms with Gasteiger partial charge in [-0.2, -0.15) is 15.2 Å². The zero-order chi connectivity index (χ0) is 31.7. The summed E-state index contributed by atoms with van der Waals surface area (Å²) in [5.41, 5.74) is 7.23. The topological polar surface area (TPSA) is 101 Å². The number of nitriles is 1. The molecule has 8 nitrogen and oxygen atoms in total. The highest BCUT2D eigenvalue weighted by atomic mass is 35.5. The molecule has 3 aliphatic heterocycles. The van der Waals surface area contributed by atoms with Gasteiger partial charge in [-0.05, 0) is 56.2 Å². The molecule has 5 aliphatic rings. The minimum Gasteiger partial charge on any atom is -0.489 e. The fourth-order valence-electron chi connectivity index (χ4n) is 8.18. The Kier molecular flexibility index (Phi) is 5.86. The van der Waals surface area contributed by atoms with Gasteiger partial charge in [-0.1, -0.05) is 35.9 Å². The fraction of sp³-hybridized carbons (Fsp3) is 0.382. The van der Waals surface area contributed by atoms with E-state index >= 15 is 4.39 Å². The van der Waals surface area contributed by atoms with E-state index in [0.29, 0.717) is 23.7 Å². The van der Waals surface area contributed by atoms with Crippen LogP contribution in [0.2, 0.25) is 5.02 Å². The molecule has 2 saturated heterocycles. The lowest BCUT2D eigenvalue weighted by molar-refractivity contribution is 0.108. The number of nitrogens with two attached hydrogens (primary N) is 1. The third kappa shape index (κ3) is 3.72. The lowest BCUT2D eigenvalue weighted by Gasteiger charge is -2.33. The van der Waals surface area contributed by atoms with Gasteiger partial charge in [0, 0.05) is 23.0 Å². The molecule has 2 saturated carbocycles. The van der Waals surface area contributed by atoms with Crippen LogP contribution >= 0.6 is 22.9 Å². The first-order valence-electron chi connectivity index (χ1n) is 15.4. The number of halogens is 3. The van der Waals surface area contributed by atoms with Crippen LogP contribution in [-0.4, -0.2) is 58.3 Å². The molecule has 0 bridgehead atoms. The van der Waals surface area contributed by atoms with E-state index in [9.17, 15) is 9.65 Å². The van der Waals surface area contributed by atoms with Gasteiger partial charge in [0.05, 0.1) is 32.3 Å². The summed E-state index contributed by atoms with van der Waals surface area (Å²) in [6.45, 7) is 10.7. The molecule has 2 aromatic carbocycles. The molecule has 2 aromatic heterocycles. The number of hydrogen-bond acceptors (Lipinski definition) is 9. The van der Waals surface area contributed by atoms with Gasteiger partial charge in [-0.25, -0.2) is 8.78 Å². The van der Waals surface area contributed by atoms with E-state index in [-0.39, 0.29) is 77.8 Å². The van der Waals surface area contributed by atoms with E-state index in [0.717, 1.165) is 56.5 Å². The quantitative estimate of drug-likeness (QED) is 0.221. The van der Waals surface area contributed by atoms with Crippen molar-refractivity contribution in [1.29, 1.82) is 5.26 Å². The molecule has 46 heavy (non-hydrogen) atoms. The highest BCUT2D eigenvalue weighted by molar-refractivity contribution is 7.23. The second-order valence-electron chi connectivity index (χ2n) is 13.3. The second-order valence-corrected chi connectivity index (χ2v) is 14.7. The van der Waals surface area contributed by atoms with Crippen molar-refractivity contribution in [2.45, 2.75) is 49.2 Å². The van der Waals surface area contributed by atoms with Crippen molar-refractivity contribution in [3.8, 4) is 29.0 Å². The van der Waals surface area contributed by atoms with Crippen LogP contribution < -0.4 is 20.1 Å². The van der Waals surface area contributed by atoms with Gasteiger partial charge >= 0.3 is 6.01 Å². The largest absolute Gasteiger partial charge is 0.489 e. The molecule has 1 unspecified atom stereocenters. The molecule has 5 heterocycles. The summed E-state index contributed by atoms with van der Waals surface area (Å²) in [4.78, 5) is 14.3. The normalized spacial score (nSPS) is 27.7. The van der Waals surface area contributed by atoms with Crippen molar-refractivity contribution in [1.82, 2.24) is 14.9 Å². The number of thiophene rings is 1. The minimum absolute atomic E-state index is 0.0136. The Morgan fingerprint density at radius 2 is 2.09 bits per heavy atom. The first-order valence-corrected chi connectivity index (χ1v) is 16.6. The number of ether oxygens (including phenoxy) is 2. The van der Waals surface area contributed by atoms with Gasteiger partial charge in [-0.15, -0.1) is 17.9 Å². The molecule has 0 amide bonds. The molecular weight excluding hydrogens is 630 g/mol. The van der Waals surface area contributed by atoms with E-state index in [1.807, 2.05) is 6.08 Å². The van der Waals surface area contributed by atoms with Crippen molar-refractivity contribution in [2.24, 2.45) is 5.92 Å². The lowest BCUT2D eigenvalue weighted by atomic mass is 9.94. The van der Waals surface area contributed by atoms with Gasteiger partial charge < -0.3 is 20.1 Å². The van der Waals surface area contributed by atoms with Crippen molar-refractivity contribution >= 4 is 54.7 Å². The second kappa shape index (κ2) is 9.53. The van der Waals surface area contributed by atoms with Gasteiger partial charge in [0.25, 0.3) is 0 Å². The smallest absolute Gasteiger partial charge is 0.319 e. The molecule has 2 aliphatic carbocycles. The van der Waals surface area contributed by atoms with Gasteiger partial charge in [0.2, 0.25) is 0 Å². The van der Waals surface area contributed by atoms with Gasteiger partial charge in [0.1, 0.15) is 41.4 Å². The van der Waals surface area contributed by atoms with Crippen LogP contribution in [-0.2, 0) is 0 Å². The predicted octanol–water partition coefficient (Wildman–Crippen LogP) is 6.99. The number of benzene rings is 2. The third-order valence-corrected chi connectivity index (χ3v) is 12.1. The molecule has 0 spiro atoms. The summed E-state index contributed by atoms with van der Waals surface area (Å²) in [5, 5.41) is 10.6. The number of fused-ring (bicyclic) bond motifs is 3. The summed E-state index contributed by atoms with van der Waals surface area (Å²) in [6.07, 6.45) is 6.71. The van der Waals surface area contributed by atoms with Crippen LogP contribution in [0.15, 0.2) is 36.9 Å². The Morgan fingerprint density at radius 1 is 1.28 bits per heavy atom. The van der Waals surface area contributed by atoms with E-state index in [4.69, 9.17) is 31.8 Å². The minimum atomic E-state index is -0.741. The zero-order valence-corrected chi connectivity index (χ0v) is 26.4. The van der Waals surface area contributed by atoms with Gasteiger partial charge in [0.15, 0.2) is 11.6 Å². The summed E-state index contributed by atoms with van der Waals surface area (Å²) in [7, 11) is 0. The molecule has 9 rings (SSSR count). The number of rotatable bonds is 6. The van der Waals surface area contributed by atoms with Crippen LogP contribution in [0.3, 0.4) is 0 Å². The average Bonchev–Trinajstić information content (AvgIpc) is 3.77. The molecular formula is C34H29ClF2N6O2S. The Balaban J connectivity index is 1.28. The molecule has 234 valence electrons. The number of hydrogen-bond donors (Lipinski definition) is 1. The van der Waals surface area contributed by atoms with Crippen LogP contribution in [0.4, 0.5) is 19.6 Å². The Labute approximate surface area is 272 Å². The SMILES string of the molecule is C=CC1COc2c(Cl)c(-c3ccc(F)c4sc(N)c(C#N)c34)c(F)c3nc(OC[C@@]45CCCN4CC(=C)C5)nc(c23)N1C12CC1C2. The summed E-state index contributed by atoms with van der Waals surface area (Å²) < 4.78 is 45.1. The highest BCUT2D eigenvalue weighted by Crippen LogP contribution is 2.72. The summed E-state index contributed by atoms with van der Waals surface area (Å²) >= 11 is 8.01. The maximum Gasteiger partial charge on any atom is 0.319 e. The molecule has 4 fully saturated rings. The van der Waals surface area contributed by atoms with E-state index in [1.165, 1.54) is 17.7 Å². The number of anilines is 2. The summed E-state index contributed by atoms with van der Waals surface area (Å²) in [5.74, 6) is -0.0454. The maximum absolute atomic E-state index is 17.2. The lowest BCUT2D eigenvalue weighted by Crippen LogP contribution is -2.44. The van der Waals surface area contributed by atoms with Crippen LogP contribution in [0.5, 0.6) is 11.8 Å². The maximum atomic E-state index is 17.2. The van der Waals surface area contributed by atoms with E-state index in [1.54, 1.807) is 0 Å². The average molecular weight is 659 g/mol. The fourth-order valence-corrected chi connectivity index (χ4v) is 9.47. The van der Waals surface area contributed by atoms with E-state index in [2.05, 4.69) is 34.0 Å². The number of nitrogen functional groups attached to an aromatic ring is 1. The number of aromatic nitrogens is 2. The molecule has 2 atom stereocenters. The monoisotopic (exact) mass is 658 g/mol. The van der Waals surface area contributed by atoms with E-state index < -0.39 is 11.6 Å². The van der Waals surface area contributed by atoms with Crippen molar-refractivity contribution < 1.29 is 18.3 Å². The third-order valence-electron chi connectivity index (χ3n) is 10.7. The van der Waals surface area contributed by atoms with Crippen LogP contribution in [0.1, 0.15) is 37.7 Å². The van der Waals surface area contributed by atoms with Crippen molar-refractivity contribution in [2.75, 3.05) is 36.9 Å². The molecule has 0 radical (unpaired) electrons.